The largest absolute Gasteiger partial charge is 0.326 e. The molecule has 0 fully saturated rings. The van der Waals surface area contributed by atoms with E-state index in [4.69, 9.17) is 0 Å². The number of aryl methyl sites for hydroxylation is 1. The maximum Gasteiger partial charge on any atom is 0.326 e. The highest BCUT2D eigenvalue weighted by atomic mass is 19.1. The Balaban J connectivity index is 1.38. The molecule has 3 aromatic carbocycles. The van der Waals surface area contributed by atoms with Crippen molar-refractivity contribution in [1.82, 2.24) is 0 Å². The van der Waals surface area contributed by atoms with Gasteiger partial charge in [0.2, 0.25) is 11.8 Å². The van der Waals surface area contributed by atoms with Crippen LogP contribution < -0.4 is 20.0 Å². The van der Waals surface area contributed by atoms with E-state index in [1.54, 1.807) is 29.2 Å². The van der Waals surface area contributed by atoms with E-state index in [0.717, 1.165) is 24.1 Å². The van der Waals surface area contributed by atoms with E-state index >= 15 is 0 Å². The van der Waals surface area contributed by atoms with E-state index in [1.807, 2.05) is 24.3 Å². The second kappa shape index (κ2) is 8.97. The summed E-state index contributed by atoms with van der Waals surface area (Å²) in [5, 5.41) is 2.69. The van der Waals surface area contributed by atoms with Gasteiger partial charge in [-0.1, -0.05) is 30.3 Å². The van der Waals surface area contributed by atoms with Crippen molar-refractivity contribution in [3.63, 3.8) is 0 Å². The van der Waals surface area contributed by atoms with Crippen molar-refractivity contribution in [3.05, 3.63) is 84.2 Å². The third-order valence-corrected chi connectivity index (χ3v) is 6.10. The average molecular weight is 458 g/mol. The molecule has 2 aliphatic rings. The van der Waals surface area contributed by atoms with Gasteiger partial charge in [-0.25, -0.2) is 9.18 Å². The Kier molecular flexibility index (Phi) is 5.71. The van der Waals surface area contributed by atoms with Gasteiger partial charge in [0.1, 0.15) is 18.9 Å². The molecule has 2 heterocycles. The fourth-order valence-corrected chi connectivity index (χ4v) is 4.45. The van der Waals surface area contributed by atoms with Crippen molar-refractivity contribution < 1.29 is 18.8 Å². The van der Waals surface area contributed by atoms with Gasteiger partial charge < -0.3 is 10.2 Å². The van der Waals surface area contributed by atoms with Gasteiger partial charge in [0.05, 0.1) is 11.4 Å². The topological polar surface area (TPSA) is 73.0 Å². The van der Waals surface area contributed by atoms with Gasteiger partial charge in [0.15, 0.2) is 0 Å². The van der Waals surface area contributed by atoms with Crippen LogP contribution in [0.25, 0.3) is 0 Å². The summed E-state index contributed by atoms with van der Waals surface area (Å²) in [6, 6.07) is 19.7. The van der Waals surface area contributed by atoms with Crippen molar-refractivity contribution in [3.8, 4) is 0 Å². The minimum atomic E-state index is -0.511. The molecule has 3 aromatic rings. The van der Waals surface area contributed by atoms with Gasteiger partial charge in [0.25, 0.3) is 0 Å². The van der Waals surface area contributed by atoms with Gasteiger partial charge >= 0.3 is 6.03 Å². The highest BCUT2D eigenvalue weighted by Gasteiger charge is 2.35. The van der Waals surface area contributed by atoms with Gasteiger partial charge in [-0.05, 0) is 60.9 Å². The minimum absolute atomic E-state index is 0.113. The zero-order valence-corrected chi connectivity index (χ0v) is 18.4. The first-order valence-electron chi connectivity index (χ1n) is 11.1. The van der Waals surface area contributed by atoms with E-state index < -0.39 is 11.8 Å². The molecule has 0 atom stereocenters. The van der Waals surface area contributed by atoms with Gasteiger partial charge in [0, 0.05) is 17.9 Å². The molecule has 1 N–H and O–H groups in total. The van der Waals surface area contributed by atoms with E-state index in [9.17, 15) is 18.8 Å². The molecule has 172 valence electrons. The van der Waals surface area contributed by atoms with Crippen LogP contribution in [0.5, 0.6) is 0 Å². The number of fused-ring (bicyclic) bond motifs is 2. The van der Waals surface area contributed by atoms with Crippen molar-refractivity contribution in [2.45, 2.75) is 12.8 Å². The number of urea groups is 1. The van der Waals surface area contributed by atoms with E-state index in [2.05, 4.69) is 5.32 Å². The summed E-state index contributed by atoms with van der Waals surface area (Å²) in [6.45, 7) is 0.275. The molecule has 0 radical (unpaired) electrons. The van der Waals surface area contributed by atoms with Gasteiger partial charge in [-0.3, -0.25) is 19.4 Å². The Morgan fingerprint density at radius 2 is 1.53 bits per heavy atom. The lowest BCUT2D eigenvalue weighted by atomic mass is 10.0. The number of nitrogens with zero attached hydrogens (tertiary/aromatic N) is 3. The summed E-state index contributed by atoms with van der Waals surface area (Å²) < 4.78 is 13.2. The number of hydrogen-bond acceptors (Lipinski definition) is 3. The van der Waals surface area contributed by atoms with Crippen LogP contribution in [0.3, 0.4) is 0 Å². The van der Waals surface area contributed by atoms with Crippen molar-refractivity contribution in [2.75, 3.05) is 39.7 Å². The number of hydrogen-bond donors (Lipinski definition) is 1. The molecule has 7 nitrogen and oxygen atoms in total. The number of benzene rings is 3. The molecule has 4 amide bonds. The molecular formula is C26H23FN4O3. The third-order valence-electron chi connectivity index (χ3n) is 6.10. The summed E-state index contributed by atoms with van der Waals surface area (Å²) >= 11 is 0. The number of amides is 4. The monoisotopic (exact) mass is 458 g/mol. The van der Waals surface area contributed by atoms with Gasteiger partial charge in [-0.2, -0.15) is 0 Å². The summed E-state index contributed by atoms with van der Waals surface area (Å²) in [5.74, 6) is -0.931. The summed E-state index contributed by atoms with van der Waals surface area (Å²) in [5.41, 5.74) is 3.44. The molecule has 34 heavy (non-hydrogen) atoms. The first-order chi connectivity index (χ1) is 16.5. The first kappa shape index (κ1) is 21.6. The number of anilines is 4. The Bertz CT molecular complexity index is 1260. The molecule has 0 saturated carbocycles. The second-order valence-electron chi connectivity index (χ2n) is 8.27. The number of carbonyl (C=O) groups is 3. The Hall–Kier alpha value is -4.20. The predicted octanol–water partition coefficient (Wildman–Crippen LogP) is 4.19. The maximum atomic E-state index is 13.3. The van der Waals surface area contributed by atoms with Crippen LogP contribution in [0.1, 0.15) is 12.0 Å². The lowest BCUT2D eigenvalue weighted by molar-refractivity contribution is -0.122. The van der Waals surface area contributed by atoms with E-state index in [1.165, 1.54) is 34.1 Å². The highest BCUT2D eigenvalue weighted by Crippen LogP contribution is 2.34. The molecule has 5 rings (SSSR count). The number of nitrogens with one attached hydrogen (secondary N) is 1. The molecule has 0 spiro atoms. The van der Waals surface area contributed by atoms with Gasteiger partial charge in [-0.15, -0.1) is 0 Å². The Morgan fingerprint density at radius 1 is 0.853 bits per heavy atom. The van der Waals surface area contributed by atoms with Crippen LogP contribution in [0, 0.1) is 5.82 Å². The first-order valence-corrected chi connectivity index (χ1v) is 11.1. The van der Waals surface area contributed by atoms with Crippen molar-refractivity contribution >= 4 is 40.6 Å². The zero-order valence-electron chi connectivity index (χ0n) is 18.4. The lowest BCUT2D eigenvalue weighted by Gasteiger charge is -2.37. The molecule has 0 bridgehead atoms. The summed E-state index contributed by atoms with van der Waals surface area (Å²) in [4.78, 5) is 43.9. The Morgan fingerprint density at radius 3 is 2.29 bits per heavy atom. The van der Waals surface area contributed by atoms with Crippen LogP contribution >= 0.6 is 0 Å². The quantitative estimate of drug-likeness (QED) is 0.640. The summed E-state index contributed by atoms with van der Waals surface area (Å²) in [7, 11) is 0. The fourth-order valence-electron chi connectivity index (χ4n) is 4.45. The number of rotatable bonds is 3. The van der Waals surface area contributed by atoms with Crippen LogP contribution in [-0.2, 0) is 16.0 Å². The lowest BCUT2D eigenvalue weighted by Crippen LogP contribution is -2.52. The number of halogens is 1. The number of para-hydroxylation sites is 3. The number of carbonyl (C=O) groups excluding carboxylic acids is 3. The van der Waals surface area contributed by atoms with Crippen molar-refractivity contribution in [2.24, 2.45) is 0 Å². The zero-order chi connectivity index (χ0) is 23.7. The molecule has 2 aliphatic heterocycles. The standard InChI is InChI=1S/C26H23FN4O3/c27-19-11-13-20(14-12-19)28-26(34)31-17-25(33)30(22-9-3-4-10-23(22)31)16-24(32)29-15-5-7-18-6-1-2-8-21(18)29/h1-4,6,8-14H,5,7,15-17H2,(H,28,34). The van der Waals surface area contributed by atoms with Crippen LogP contribution in [0.2, 0.25) is 0 Å². The van der Waals surface area contributed by atoms with E-state index in [-0.39, 0.29) is 24.9 Å². The molecule has 0 aromatic heterocycles. The highest BCUT2D eigenvalue weighted by molar-refractivity contribution is 6.15. The predicted molar refractivity (Wildman–Crippen MR) is 129 cm³/mol. The summed E-state index contributed by atoms with van der Waals surface area (Å²) in [6.07, 6.45) is 1.79. The van der Waals surface area contributed by atoms with E-state index in [0.29, 0.717) is 23.6 Å². The SMILES string of the molecule is O=C(CN1C(=O)CN(C(=O)Nc2ccc(F)cc2)c2ccccc21)N1CCCc2ccccc21. The maximum absolute atomic E-state index is 13.3. The van der Waals surface area contributed by atoms with Crippen molar-refractivity contribution in [1.29, 1.82) is 0 Å². The second-order valence-corrected chi connectivity index (χ2v) is 8.27. The molecule has 0 unspecified atom stereocenters. The van der Waals surface area contributed by atoms with Crippen LogP contribution in [0.15, 0.2) is 72.8 Å². The molecule has 0 saturated heterocycles. The third kappa shape index (κ3) is 4.10. The molecule has 8 heteroatoms. The average Bonchev–Trinajstić information content (AvgIpc) is 2.86. The van der Waals surface area contributed by atoms with Crippen LogP contribution in [0.4, 0.5) is 31.9 Å². The normalized spacial score (nSPS) is 15.0. The smallest absolute Gasteiger partial charge is 0.311 e. The molecule has 0 aliphatic carbocycles. The minimum Gasteiger partial charge on any atom is -0.311 e. The van der Waals surface area contributed by atoms with Crippen LogP contribution in [-0.4, -0.2) is 37.5 Å². The Labute approximate surface area is 196 Å². The molecular weight excluding hydrogens is 435 g/mol. The fraction of sp³-hybridized carbons (Fsp3) is 0.192.